The zero-order valence-electron chi connectivity index (χ0n) is 17.6. The van der Waals surface area contributed by atoms with Crippen LogP contribution < -0.4 is 14.2 Å². The first-order valence-electron chi connectivity index (χ1n) is 10.2. The Morgan fingerprint density at radius 1 is 0.968 bits per heavy atom. The van der Waals surface area contributed by atoms with Gasteiger partial charge in [-0.1, -0.05) is 41.4 Å². The van der Waals surface area contributed by atoms with Crippen molar-refractivity contribution in [3.05, 3.63) is 87.9 Å². The lowest BCUT2D eigenvalue weighted by Gasteiger charge is -2.38. The third-order valence-electron chi connectivity index (χ3n) is 5.83. The summed E-state index contributed by atoms with van der Waals surface area (Å²) in [6.07, 6.45) is 0.394. The van der Waals surface area contributed by atoms with Crippen LogP contribution in [-0.4, -0.2) is 24.9 Å². The Bertz CT molecular complexity index is 1160. The van der Waals surface area contributed by atoms with Gasteiger partial charge in [0.2, 0.25) is 6.23 Å². The lowest BCUT2D eigenvalue weighted by molar-refractivity contribution is -0.0191. The van der Waals surface area contributed by atoms with E-state index in [2.05, 4.69) is 31.2 Å². The molecule has 3 aromatic carbocycles. The molecular weight excluding hydrogens is 412 g/mol. The third kappa shape index (κ3) is 3.49. The van der Waals surface area contributed by atoms with Crippen LogP contribution in [0.1, 0.15) is 40.9 Å². The van der Waals surface area contributed by atoms with E-state index < -0.39 is 0 Å². The molecule has 2 heterocycles. The van der Waals surface area contributed by atoms with E-state index in [0.717, 1.165) is 34.6 Å². The number of rotatable bonds is 4. The van der Waals surface area contributed by atoms with Crippen LogP contribution in [0.15, 0.2) is 65.8 Å². The molecule has 158 valence electrons. The van der Waals surface area contributed by atoms with Crippen LogP contribution in [0.5, 0.6) is 17.2 Å². The van der Waals surface area contributed by atoms with Gasteiger partial charge in [-0.15, -0.1) is 0 Å². The molecular formula is C25H23ClN2O3. The van der Waals surface area contributed by atoms with Crippen molar-refractivity contribution < 1.29 is 14.2 Å². The average Bonchev–Trinajstić information content (AvgIpc) is 3.24. The number of aryl methyl sites for hydroxylation is 1. The van der Waals surface area contributed by atoms with Crippen molar-refractivity contribution in [2.75, 3.05) is 14.2 Å². The first-order valence-corrected chi connectivity index (χ1v) is 10.6. The van der Waals surface area contributed by atoms with E-state index >= 15 is 0 Å². The van der Waals surface area contributed by atoms with Gasteiger partial charge in [-0.05, 0) is 48.9 Å². The number of ether oxygens (including phenoxy) is 3. The molecule has 31 heavy (non-hydrogen) atoms. The van der Waals surface area contributed by atoms with Gasteiger partial charge in [-0.2, -0.15) is 5.10 Å². The molecule has 0 aromatic heterocycles. The topological polar surface area (TPSA) is 43.3 Å². The Balaban J connectivity index is 1.60. The van der Waals surface area contributed by atoms with Gasteiger partial charge in [0.25, 0.3) is 0 Å². The molecule has 2 aliphatic heterocycles. The van der Waals surface area contributed by atoms with Crippen molar-refractivity contribution in [2.24, 2.45) is 5.10 Å². The van der Waals surface area contributed by atoms with Gasteiger partial charge >= 0.3 is 0 Å². The highest BCUT2D eigenvalue weighted by atomic mass is 35.5. The zero-order chi connectivity index (χ0) is 21.5. The summed E-state index contributed by atoms with van der Waals surface area (Å²) in [4.78, 5) is 0. The van der Waals surface area contributed by atoms with Crippen molar-refractivity contribution in [2.45, 2.75) is 25.6 Å². The predicted octanol–water partition coefficient (Wildman–Crippen LogP) is 5.91. The number of benzene rings is 3. The van der Waals surface area contributed by atoms with Crippen LogP contribution in [0.2, 0.25) is 5.02 Å². The number of methoxy groups -OCH3 is 2. The lowest BCUT2D eigenvalue weighted by atomic mass is 9.95. The zero-order valence-corrected chi connectivity index (χ0v) is 18.4. The molecule has 0 bridgehead atoms. The van der Waals surface area contributed by atoms with Crippen LogP contribution in [-0.2, 0) is 0 Å². The third-order valence-corrected chi connectivity index (χ3v) is 6.06. The lowest BCUT2D eigenvalue weighted by Crippen LogP contribution is -2.33. The molecule has 0 N–H and O–H groups in total. The Hall–Kier alpha value is -3.18. The van der Waals surface area contributed by atoms with Crippen LogP contribution >= 0.6 is 11.6 Å². The summed E-state index contributed by atoms with van der Waals surface area (Å²) in [5.41, 5.74) is 5.37. The second-order valence-corrected chi connectivity index (χ2v) is 8.22. The summed E-state index contributed by atoms with van der Waals surface area (Å²) in [5.74, 6) is 2.16. The summed E-state index contributed by atoms with van der Waals surface area (Å²) in [6.45, 7) is 2.09. The monoisotopic (exact) mass is 434 g/mol. The van der Waals surface area contributed by atoms with Gasteiger partial charge in [0.05, 0.1) is 26.0 Å². The minimum Gasteiger partial charge on any atom is -0.493 e. The minimum atomic E-state index is -0.388. The maximum atomic E-state index is 6.43. The van der Waals surface area contributed by atoms with Gasteiger partial charge in [0, 0.05) is 22.6 Å². The normalized spacial score (nSPS) is 19.2. The van der Waals surface area contributed by atoms with E-state index in [1.807, 2.05) is 41.4 Å². The van der Waals surface area contributed by atoms with E-state index in [1.54, 1.807) is 14.2 Å². The second kappa shape index (κ2) is 7.82. The number of nitrogens with zero attached hydrogens (tertiary/aromatic N) is 2. The molecule has 5 nitrogen and oxygen atoms in total. The fourth-order valence-corrected chi connectivity index (χ4v) is 4.39. The molecule has 0 fully saturated rings. The van der Waals surface area contributed by atoms with E-state index in [1.165, 1.54) is 5.56 Å². The number of hydrogen-bond donors (Lipinski definition) is 0. The van der Waals surface area contributed by atoms with Crippen molar-refractivity contribution in [3.8, 4) is 17.2 Å². The summed E-state index contributed by atoms with van der Waals surface area (Å²) < 4.78 is 17.3. The van der Waals surface area contributed by atoms with Crippen LogP contribution in [0.4, 0.5) is 0 Å². The first kappa shape index (κ1) is 19.8. The second-order valence-electron chi connectivity index (χ2n) is 7.78. The fourth-order valence-electron chi connectivity index (χ4n) is 4.20. The summed E-state index contributed by atoms with van der Waals surface area (Å²) in [6, 6.07) is 20.1. The molecule has 6 heteroatoms. The SMILES string of the molecule is COc1ccc([C@@H]2Oc3ccc(Cl)cc3[C@@H]3CC(c4ccc(C)cc4)=NN32)cc1OC. The molecule has 0 saturated carbocycles. The molecule has 0 radical (unpaired) electrons. The Kier molecular flexibility index (Phi) is 4.98. The van der Waals surface area contributed by atoms with Crippen molar-refractivity contribution in [1.82, 2.24) is 5.01 Å². The number of fused-ring (bicyclic) bond motifs is 3. The fraction of sp³-hybridized carbons (Fsp3) is 0.240. The van der Waals surface area contributed by atoms with Crippen LogP contribution in [0, 0.1) is 6.92 Å². The Morgan fingerprint density at radius 2 is 1.74 bits per heavy atom. The maximum Gasteiger partial charge on any atom is 0.214 e. The predicted molar refractivity (Wildman–Crippen MR) is 121 cm³/mol. The van der Waals surface area contributed by atoms with Gasteiger partial charge in [-0.25, -0.2) is 5.01 Å². The Labute approximate surface area is 186 Å². The maximum absolute atomic E-state index is 6.43. The number of hydrazone groups is 1. The van der Waals surface area contributed by atoms with Gasteiger partial charge in [0.1, 0.15) is 5.75 Å². The average molecular weight is 435 g/mol. The quantitative estimate of drug-likeness (QED) is 0.512. The van der Waals surface area contributed by atoms with Gasteiger partial charge in [0.15, 0.2) is 11.5 Å². The van der Waals surface area contributed by atoms with E-state index in [4.69, 9.17) is 30.9 Å². The van der Waals surface area contributed by atoms with Crippen LogP contribution in [0.25, 0.3) is 0 Å². The highest BCUT2D eigenvalue weighted by molar-refractivity contribution is 6.30. The standard InChI is InChI=1S/C25H23ClN2O3/c1-15-4-6-16(7-5-15)20-14-21-19-13-18(26)9-11-22(19)31-25(28(21)27-20)17-8-10-23(29-2)24(12-17)30-3/h4-13,21,25H,14H2,1-3H3/t21-,25-/m0/s1. The summed E-state index contributed by atoms with van der Waals surface area (Å²) >= 11 is 6.32. The molecule has 0 unspecified atom stereocenters. The number of hydrogen-bond acceptors (Lipinski definition) is 5. The largest absolute Gasteiger partial charge is 0.493 e. The Morgan fingerprint density at radius 3 is 2.48 bits per heavy atom. The summed E-state index contributed by atoms with van der Waals surface area (Å²) in [7, 11) is 3.26. The van der Waals surface area contributed by atoms with E-state index in [9.17, 15) is 0 Å². The number of halogens is 1. The van der Waals surface area contributed by atoms with Gasteiger partial charge in [-0.3, -0.25) is 0 Å². The van der Waals surface area contributed by atoms with E-state index in [0.29, 0.717) is 16.5 Å². The van der Waals surface area contributed by atoms with Crippen LogP contribution in [0.3, 0.4) is 0 Å². The van der Waals surface area contributed by atoms with Crippen molar-refractivity contribution in [3.63, 3.8) is 0 Å². The molecule has 0 spiro atoms. The molecule has 0 aliphatic carbocycles. The van der Waals surface area contributed by atoms with Crippen molar-refractivity contribution in [1.29, 1.82) is 0 Å². The smallest absolute Gasteiger partial charge is 0.214 e. The van der Waals surface area contributed by atoms with E-state index in [-0.39, 0.29) is 12.3 Å². The van der Waals surface area contributed by atoms with Crippen molar-refractivity contribution >= 4 is 17.3 Å². The molecule has 0 saturated heterocycles. The molecule has 0 amide bonds. The minimum absolute atomic E-state index is 0.0387. The molecule has 5 rings (SSSR count). The summed E-state index contributed by atoms with van der Waals surface area (Å²) in [5, 5.41) is 7.73. The first-order chi connectivity index (χ1) is 15.1. The van der Waals surface area contributed by atoms with Gasteiger partial charge < -0.3 is 14.2 Å². The molecule has 2 aliphatic rings. The highest BCUT2D eigenvalue weighted by Gasteiger charge is 2.41. The molecule has 2 atom stereocenters. The highest BCUT2D eigenvalue weighted by Crippen LogP contribution is 2.48. The molecule has 3 aromatic rings.